The molecule has 0 radical (unpaired) electrons. The normalized spacial score (nSPS) is 17.6. The van der Waals surface area contributed by atoms with Crippen LogP contribution in [0.25, 0.3) is 0 Å². The molecule has 25 heavy (non-hydrogen) atoms. The lowest BCUT2D eigenvalue weighted by atomic mass is 9.90. The maximum absolute atomic E-state index is 12.4. The van der Waals surface area contributed by atoms with Crippen LogP contribution in [0.2, 0.25) is 0 Å². The molecule has 1 aromatic rings. The predicted molar refractivity (Wildman–Crippen MR) is 94.4 cm³/mol. The standard InChI is InChI=1S/C19H24N2O4/c1-12(2)25-17-10-8-15(9-11-17)18(22)20-13(3)14-4-6-16(7-5-14)19(23)21-24/h4,6-14,24H,5H2,1-3H3,(H,20,22)(H,21,23). The molecule has 1 aliphatic carbocycles. The highest BCUT2D eigenvalue weighted by molar-refractivity contribution is 5.96. The highest BCUT2D eigenvalue weighted by atomic mass is 16.5. The molecule has 0 fully saturated rings. The summed E-state index contributed by atoms with van der Waals surface area (Å²) in [4.78, 5) is 23.7. The van der Waals surface area contributed by atoms with Crippen molar-refractivity contribution in [3.63, 3.8) is 0 Å². The van der Waals surface area contributed by atoms with Crippen LogP contribution in [0.15, 0.2) is 48.1 Å². The minimum atomic E-state index is -0.532. The number of nitrogens with one attached hydrogen (secondary N) is 2. The molecule has 1 aromatic carbocycles. The Morgan fingerprint density at radius 3 is 2.36 bits per heavy atom. The van der Waals surface area contributed by atoms with Crippen LogP contribution < -0.4 is 15.5 Å². The van der Waals surface area contributed by atoms with E-state index >= 15 is 0 Å². The molecule has 134 valence electrons. The lowest BCUT2D eigenvalue weighted by Crippen LogP contribution is -2.38. The number of hydroxylamine groups is 1. The lowest BCUT2D eigenvalue weighted by Gasteiger charge is -2.23. The Morgan fingerprint density at radius 1 is 1.16 bits per heavy atom. The highest BCUT2D eigenvalue weighted by Crippen LogP contribution is 2.20. The molecule has 2 rings (SSSR count). The third kappa shape index (κ3) is 5.19. The maximum Gasteiger partial charge on any atom is 0.274 e. The van der Waals surface area contributed by atoms with Crippen molar-refractivity contribution < 1.29 is 19.5 Å². The first kappa shape index (κ1) is 18.7. The van der Waals surface area contributed by atoms with Crippen molar-refractivity contribution in [2.24, 2.45) is 5.92 Å². The van der Waals surface area contributed by atoms with Gasteiger partial charge in [-0.25, -0.2) is 5.48 Å². The number of hydrogen-bond donors (Lipinski definition) is 3. The Labute approximate surface area is 147 Å². The van der Waals surface area contributed by atoms with Crippen molar-refractivity contribution in [3.8, 4) is 5.75 Å². The van der Waals surface area contributed by atoms with Gasteiger partial charge in [-0.2, -0.15) is 0 Å². The van der Waals surface area contributed by atoms with Gasteiger partial charge in [0.2, 0.25) is 0 Å². The van der Waals surface area contributed by atoms with E-state index in [4.69, 9.17) is 9.94 Å². The van der Waals surface area contributed by atoms with Gasteiger partial charge >= 0.3 is 0 Å². The van der Waals surface area contributed by atoms with E-state index in [2.05, 4.69) is 5.32 Å². The van der Waals surface area contributed by atoms with Crippen LogP contribution in [0.1, 0.15) is 37.6 Å². The van der Waals surface area contributed by atoms with E-state index in [9.17, 15) is 9.59 Å². The predicted octanol–water partition coefficient (Wildman–Crippen LogP) is 2.60. The van der Waals surface area contributed by atoms with E-state index < -0.39 is 5.91 Å². The molecule has 1 aliphatic rings. The average molecular weight is 344 g/mol. The van der Waals surface area contributed by atoms with Gasteiger partial charge in [0.25, 0.3) is 11.8 Å². The third-order valence-corrected chi connectivity index (χ3v) is 3.99. The van der Waals surface area contributed by atoms with E-state index in [1.54, 1.807) is 41.9 Å². The molecular formula is C19H24N2O4. The Hall–Kier alpha value is -2.60. The van der Waals surface area contributed by atoms with E-state index in [1.807, 2.05) is 26.8 Å². The summed E-state index contributed by atoms with van der Waals surface area (Å²) in [5.41, 5.74) is 2.59. The third-order valence-electron chi connectivity index (χ3n) is 3.99. The van der Waals surface area contributed by atoms with Gasteiger partial charge in [-0.15, -0.1) is 0 Å². The first-order chi connectivity index (χ1) is 11.9. The van der Waals surface area contributed by atoms with Crippen LogP contribution in [0.3, 0.4) is 0 Å². The van der Waals surface area contributed by atoms with Crippen LogP contribution >= 0.6 is 0 Å². The molecule has 6 nitrogen and oxygen atoms in total. The second kappa shape index (κ2) is 8.48. The topological polar surface area (TPSA) is 87.7 Å². The van der Waals surface area contributed by atoms with Crippen LogP contribution in [0.5, 0.6) is 5.75 Å². The van der Waals surface area contributed by atoms with Gasteiger partial charge in [-0.05, 0) is 51.5 Å². The van der Waals surface area contributed by atoms with Gasteiger partial charge in [0.05, 0.1) is 6.10 Å². The van der Waals surface area contributed by atoms with Crippen LogP contribution in [0.4, 0.5) is 0 Å². The lowest BCUT2D eigenvalue weighted by molar-refractivity contribution is -0.124. The summed E-state index contributed by atoms with van der Waals surface area (Å²) in [5.74, 6) is 0.132. The second-order valence-corrected chi connectivity index (χ2v) is 6.31. The second-order valence-electron chi connectivity index (χ2n) is 6.31. The molecule has 3 N–H and O–H groups in total. The molecule has 0 heterocycles. The Balaban J connectivity index is 1.91. The number of benzene rings is 1. The Morgan fingerprint density at radius 2 is 1.84 bits per heavy atom. The molecule has 2 unspecified atom stereocenters. The van der Waals surface area contributed by atoms with E-state index in [0.29, 0.717) is 17.6 Å². The van der Waals surface area contributed by atoms with E-state index in [1.165, 1.54) is 0 Å². The summed E-state index contributed by atoms with van der Waals surface area (Å²) < 4.78 is 5.57. The molecule has 0 saturated heterocycles. The minimum Gasteiger partial charge on any atom is -0.491 e. The molecule has 0 bridgehead atoms. The van der Waals surface area contributed by atoms with Crippen molar-refractivity contribution in [2.45, 2.75) is 39.3 Å². The fraction of sp³-hybridized carbons (Fsp3) is 0.368. The average Bonchev–Trinajstić information content (AvgIpc) is 2.61. The fourth-order valence-electron chi connectivity index (χ4n) is 2.59. The zero-order valence-electron chi connectivity index (χ0n) is 14.7. The monoisotopic (exact) mass is 344 g/mol. The first-order valence-corrected chi connectivity index (χ1v) is 8.31. The van der Waals surface area contributed by atoms with Crippen LogP contribution in [-0.2, 0) is 4.79 Å². The molecule has 2 atom stereocenters. The minimum absolute atomic E-state index is 0.0859. The van der Waals surface area contributed by atoms with Gasteiger partial charge in [-0.3, -0.25) is 14.8 Å². The number of rotatable bonds is 6. The zero-order chi connectivity index (χ0) is 18.4. The number of amides is 2. The van der Waals surface area contributed by atoms with Crippen molar-refractivity contribution in [1.82, 2.24) is 10.8 Å². The molecule has 0 spiro atoms. The summed E-state index contributed by atoms with van der Waals surface area (Å²) in [7, 11) is 0. The fourth-order valence-corrected chi connectivity index (χ4v) is 2.59. The van der Waals surface area contributed by atoms with Crippen molar-refractivity contribution in [1.29, 1.82) is 0 Å². The van der Waals surface area contributed by atoms with Crippen molar-refractivity contribution in [3.05, 3.63) is 53.6 Å². The maximum atomic E-state index is 12.4. The number of ether oxygens (including phenoxy) is 1. The number of allylic oxidation sites excluding steroid dienone is 1. The van der Waals surface area contributed by atoms with Crippen LogP contribution in [-0.4, -0.2) is 29.2 Å². The summed E-state index contributed by atoms with van der Waals surface area (Å²) in [6, 6.07) is 6.94. The molecule has 0 aliphatic heterocycles. The summed E-state index contributed by atoms with van der Waals surface area (Å²) in [6.07, 6.45) is 5.97. The molecular weight excluding hydrogens is 320 g/mol. The summed E-state index contributed by atoms with van der Waals surface area (Å²) in [5, 5.41) is 11.6. The Bertz CT molecular complexity index is 677. The number of carbonyl (C=O) groups excluding carboxylic acids is 2. The van der Waals surface area contributed by atoms with Crippen LogP contribution in [0, 0.1) is 5.92 Å². The van der Waals surface area contributed by atoms with Gasteiger partial charge in [0, 0.05) is 23.1 Å². The zero-order valence-corrected chi connectivity index (χ0v) is 14.7. The van der Waals surface area contributed by atoms with Gasteiger partial charge in [0.1, 0.15) is 5.75 Å². The summed E-state index contributed by atoms with van der Waals surface area (Å²) >= 11 is 0. The van der Waals surface area contributed by atoms with E-state index in [0.717, 1.165) is 5.75 Å². The van der Waals surface area contributed by atoms with Gasteiger partial charge < -0.3 is 10.1 Å². The number of hydrogen-bond acceptors (Lipinski definition) is 4. The molecule has 0 saturated carbocycles. The SMILES string of the molecule is CC(C)Oc1ccc(C(=O)NC(C)C2C=CC(C(=O)NO)=CC2)cc1. The Kier molecular flexibility index (Phi) is 6.36. The molecule has 6 heteroatoms. The van der Waals surface area contributed by atoms with E-state index in [-0.39, 0.29) is 24.0 Å². The first-order valence-electron chi connectivity index (χ1n) is 8.31. The van der Waals surface area contributed by atoms with Gasteiger partial charge in [0.15, 0.2) is 0 Å². The largest absolute Gasteiger partial charge is 0.491 e. The van der Waals surface area contributed by atoms with Gasteiger partial charge in [-0.1, -0.05) is 18.2 Å². The number of carbonyl (C=O) groups is 2. The van der Waals surface area contributed by atoms with Crippen molar-refractivity contribution >= 4 is 11.8 Å². The van der Waals surface area contributed by atoms with Crippen molar-refractivity contribution in [2.75, 3.05) is 0 Å². The smallest absolute Gasteiger partial charge is 0.274 e. The molecule has 2 amide bonds. The summed E-state index contributed by atoms with van der Waals surface area (Å²) in [6.45, 7) is 5.82. The quantitative estimate of drug-likeness (QED) is 0.547. The molecule has 0 aromatic heterocycles. The highest BCUT2D eigenvalue weighted by Gasteiger charge is 2.20.